The number of esters is 1. The van der Waals surface area contributed by atoms with Crippen LogP contribution >= 0.6 is 11.3 Å². The number of aromatic nitrogens is 1. The van der Waals surface area contributed by atoms with E-state index in [0.29, 0.717) is 39.6 Å². The van der Waals surface area contributed by atoms with Crippen LogP contribution in [0, 0.1) is 5.82 Å². The van der Waals surface area contributed by atoms with Crippen LogP contribution in [0.2, 0.25) is 0 Å². The maximum Gasteiger partial charge on any atom is 0.408 e. The third-order valence-corrected chi connectivity index (χ3v) is 8.06. The minimum absolute atomic E-state index is 0.171. The van der Waals surface area contributed by atoms with Crippen molar-refractivity contribution in [1.29, 1.82) is 0 Å². The minimum atomic E-state index is -1.24. The zero-order valence-corrected chi connectivity index (χ0v) is 24.4. The van der Waals surface area contributed by atoms with Crippen LogP contribution < -0.4 is 14.8 Å². The Kier molecular flexibility index (Phi) is 8.31. The van der Waals surface area contributed by atoms with E-state index < -0.39 is 29.3 Å². The Labute approximate surface area is 250 Å². The summed E-state index contributed by atoms with van der Waals surface area (Å²) in [6, 6.07) is 14.1. The first-order valence-electron chi connectivity index (χ1n) is 13.2. The monoisotopic (exact) mass is 605 g/mol. The van der Waals surface area contributed by atoms with Gasteiger partial charge in [0.25, 0.3) is 0 Å². The molecule has 2 N–H and O–H groups in total. The second-order valence-electron chi connectivity index (χ2n) is 9.99. The number of halogens is 1. The fourth-order valence-corrected chi connectivity index (χ4v) is 5.80. The first-order valence-corrected chi connectivity index (χ1v) is 14.1. The smallest absolute Gasteiger partial charge is 0.408 e. The Morgan fingerprint density at radius 2 is 1.86 bits per heavy atom. The van der Waals surface area contributed by atoms with Gasteiger partial charge in [0.2, 0.25) is 5.91 Å². The molecule has 5 rings (SSSR count). The molecular formula is C31H28FN3O7S. The second kappa shape index (κ2) is 12.1. The van der Waals surface area contributed by atoms with E-state index in [1.807, 2.05) is 0 Å². The van der Waals surface area contributed by atoms with Crippen molar-refractivity contribution in [3.63, 3.8) is 0 Å². The Bertz CT molecular complexity index is 1680. The molecule has 1 aromatic heterocycles. The highest BCUT2D eigenvalue weighted by Gasteiger charge is 2.44. The van der Waals surface area contributed by atoms with Gasteiger partial charge in [-0.05, 0) is 66.4 Å². The number of rotatable bonds is 8. The summed E-state index contributed by atoms with van der Waals surface area (Å²) in [5.41, 5.74) is 1.36. The first-order chi connectivity index (χ1) is 20.6. The zero-order chi connectivity index (χ0) is 30.7. The maximum atomic E-state index is 15.3. The molecule has 0 saturated heterocycles. The number of carboxylic acid groups (broad SMARTS) is 1. The number of hydrogen-bond donors (Lipinski definition) is 2. The fraction of sp³-hybridized carbons (Fsp3) is 0.226. The summed E-state index contributed by atoms with van der Waals surface area (Å²) < 4.78 is 31.6. The van der Waals surface area contributed by atoms with Crippen molar-refractivity contribution in [2.24, 2.45) is 0 Å². The number of fused-ring (bicyclic) bond motifs is 1. The molecule has 0 radical (unpaired) electrons. The quantitative estimate of drug-likeness (QED) is 0.224. The number of methoxy groups -OCH3 is 2. The average Bonchev–Trinajstić information content (AvgIpc) is 3.49. The second-order valence-corrected chi connectivity index (χ2v) is 10.9. The average molecular weight is 606 g/mol. The highest BCUT2D eigenvalue weighted by Crippen LogP contribution is 2.45. The predicted molar refractivity (Wildman–Crippen MR) is 157 cm³/mol. The van der Waals surface area contributed by atoms with Crippen LogP contribution in [0.1, 0.15) is 34.8 Å². The summed E-state index contributed by atoms with van der Waals surface area (Å²) in [6.07, 6.45) is 0.634. The van der Waals surface area contributed by atoms with Crippen LogP contribution in [-0.2, 0) is 21.5 Å². The van der Waals surface area contributed by atoms with E-state index in [-0.39, 0.29) is 24.5 Å². The molecule has 4 aromatic rings. The van der Waals surface area contributed by atoms with Crippen LogP contribution in [0.3, 0.4) is 0 Å². The molecule has 0 fully saturated rings. The van der Waals surface area contributed by atoms with E-state index in [0.717, 1.165) is 5.56 Å². The van der Waals surface area contributed by atoms with Crippen molar-refractivity contribution in [2.45, 2.75) is 25.3 Å². The molecule has 12 heteroatoms. The lowest BCUT2D eigenvalue weighted by atomic mass is 9.79. The Morgan fingerprint density at radius 3 is 2.49 bits per heavy atom. The lowest BCUT2D eigenvalue weighted by Crippen LogP contribution is -2.52. The highest BCUT2D eigenvalue weighted by atomic mass is 32.1. The van der Waals surface area contributed by atoms with Gasteiger partial charge in [-0.1, -0.05) is 12.1 Å². The number of thiazole rings is 1. The van der Waals surface area contributed by atoms with E-state index in [9.17, 15) is 19.5 Å². The number of anilines is 1. The normalized spacial score (nSPS) is 15.8. The van der Waals surface area contributed by atoms with Crippen LogP contribution in [0.4, 0.5) is 14.3 Å². The van der Waals surface area contributed by atoms with Crippen LogP contribution in [0.15, 0.2) is 66.2 Å². The number of nitrogens with one attached hydrogen (secondary N) is 1. The Hall–Kier alpha value is -4.97. The van der Waals surface area contributed by atoms with E-state index >= 15 is 4.39 Å². The predicted octanol–water partition coefficient (Wildman–Crippen LogP) is 6.32. The molecular weight excluding hydrogens is 577 g/mol. The van der Waals surface area contributed by atoms with Gasteiger partial charge < -0.3 is 24.6 Å². The number of benzene rings is 3. The Morgan fingerprint density at radius 1 is 1.09 bits per heavy atom. The number of ether oxygens (including phenoxy) is 3. The van der Waals surface area contributed by atoms with Crippen molar-refractivity contribution < 1.29 is 38.1 Å². The lowest BCUT2D eigenvalue weighted by Gasteiger charge is -2.44. The summed E-state index contributed by atoms with van der Waals surface area (Å²) in [5, 5.41) is 14.9. The van der Waals surface area contributed by atoms with Gasteiger partial charge in [0.1, 0.15) is 11.6 Å². The van der Waals surface area contributed by atoms with Crippen molar-refractivity contribution >= 4 is 34.4 Å². The van der Waals surface area contributed by atoms with E-state index in [2.05, 4.69) is 10.3 Å². The van der Waals surface area contributed by atoms with Gasteiger partial charge in [-0.2, -0.15) is 0 Å². The largest absolute Gasteiger partial charge is 0.493 e. The van der Waals surface area contributed by atoms with Crippen molar-refractivity contribution in [3.05, 3.63) is 88.7 Å². The summed E-state index contributed by atoms with van der Waals surface area (Å²) in [4.78, 5) is 42.4. The summed E-state index contributed by atoms with van der Waals surface area (Å²) in [7, 11) is 2.76. The van der Waals surface area contributed by atoms with E-state index in [1.165, 1.54) is 36.5 Å². The number of amides is 2. The minimum Gasteiger partial charge on any atom is -0.493 e. The van der Waals surface area contributed by atoms with Crippen LogP contribution in [0.25, 0.3) is 11.1 Å². The van der Waals surface area contributed by atoms with Crippen LogP contribution in [0.5, 0.6) is 17.2 Å². The van der Waals surface area contributed by atoms with Crippen LogP contribution in [-0.4, -0.2) is 53.7 Å². The summed E-state index contributed by atoms with van der Waals surface area (Å²) in [5.74, 6) is -0.653. The molecule has 3 aromatic carbocycles. The van der Waals surface area contributed by atoms with Crippen molar-refractivity contribution in [1.82, 2.24) is 9.88 Å². The van der Waals surface area contributed by atoms with Gasteiger partial charge >= 0.3 is 12.1 Å². The number of carbonyl (C=O) groups excluding carboxylic acids is 2. The summed E-state index contributed by atoms with van der Waals surface area (Å²) >= 11 is 1.26. The number of hydrogen-bond acceptors (Lipinski definition) is 8. The third kappa shape index (κ3) is 6.00. The molecule has 43 heavy (non-hydrogen) atoms. The molecule has 0 spiro atoms. The molecule has 2 amide bonds. The van der Waals surface area contributed by atoms with Gasteiger partial charge in [0, 0.05) is 29.8 Å². The first kappa shape index (κ1) is 29.5. The SMILES string of the molecule is COC(=O)c1ccc(-c2ccc(Oc3cc4c(cc3OC)CCN(C(=O)O)[C@]4(C)CC(=O)Nc3nccs3)cc2F)cc1. The maximum absolute atomic E-state index is 15.3. The third-order valence-electron chi connectivity index (χ3n) is 7.37. The molecule has 10 nitrogen and oxygen atoms in total. The highest BCUT2D eigenvalue weighted by molar-refractivity contribution is 7.13. The van der Waals surface area contributed by atoms with Gasteiger partial charge in [0.15, 0.2) is 16.6 Å². The molecule has 1 atom stereocenters. The number of carbonyl (C=O) groups is 3. The Balaban J connectivity index is 1.46. The summed E-state index contributed by atoms with van der Waals surface area (Å²) in [6.45, 7) is 1.87. The molecule has 0 saturated carbocycles. The van der Waals surface area contributed by atoms with Gasteiger partial charge in [-0.3, -0.25) is 9.69 Å². The van der Waals surface area contributed by atoms with Gasteiger partial charge in [-0.15, -0.1) is 11.3 Å². The molecule has 0 unspecified atom stereocenters. The zero-order valence-electron chi connectivity index (χ0n) is 23.5. The standard InChI is InChI=1S/C31H28FN3O7S/c1-31(17-27(36)34-29-33-11-13-43-29)23-16-26(25(40-2)14-20(23)10-12-35(31)30(38)39)42-21-8-9-22(24(32)15-21)18-4-6-19(7-5-18)28(37)41-3/h4-9,11,13-16H,10,12,17H2,1-3H3,(H,38,39)(H,33,34,36)/t31-/m1/s1. The molecule has 2 heterocycles. The molecule has 1 aliphatic heterocycles. The lowest BCUT2D eigenvalue weighted by molar-refractivity contribution is -0.118. The topological polar surface area (TPSA) is 127 Å². The van der Waals surface area contributed by atoms with Crippen molar-refractivity contribution in [2.75, 3.05) is 26.1 Å². The van der Waals surface area contributed by atoms with Gasteiger partial charge in [0.05, 0.1) is 31.7 Å². The van der Waals surface area contributed by atoms with E-state index in [4.69, 9.17) is 14.2 Å². The molecule has 1 aliphatic rings. The number of nitrogens with zero attached hydrogens (tertiary/aromatic N) is 2. The van der Waals surface area contributed by atoms with E-state index in [1.54, 1.807) is 67.0 Å². The molecule has 0 aliphatic carbocycles. The molecule has 0 bridgehead atoms. The fourth-order valence-electron chi connectivity index (χ4n) is 5.26. The van der Waals surface area contributed by atoms with Crippen molar-refractivity contribution in [3.8, 4) is 28.4 Å². The molecule has 222 valence electrons. The van der Waals surface area contributed by atoms with Gasteiger partial charge in [-0.25, -0.2) is 19.0 Å².